The second-order valence-corrected chi connectivity index (χ2v) is 5.68. The van der Waals surface area contributed by atoms with Crippen LogP contribution in [-0.2, 0) is 9.53 Å². The SMILES string of the molecule is N#CC1CCCC(C(=O)OC2CCCCC2C#N)C1. The van der Waals surface area contributed by atoms with Gasteiger partial charge >= 0.3 is 5.97 Å². The average Bonchev–Trinajstić information content (AvgIpc) is 2.47. The van der Waals surface area contributed by atoms with Crippen LogP contribution < -0.4 is 0 Å². The first-order chi connectivity index (χ1) is 9.24. The molecule has 102 valence electrons. The van der Waals surface area contributed by atoms with E-state index in [4.69, 9.17) is 15.3 Å². The highest BCUT2D eigenvalue weighted by molar-refractivity contribution is 5.72. The molecule has 2 aliphatic carbocycles. The molecule has 2 saturated carbocycles. The Labute approximate surface area is 114 Å². The first kappa shape index (κ1) is 13.9. The van der Waals surface area contributed by atoms with Crippen LogP contribution >= 0.6 is 0 Å². The highest BCUT2D eigenvalue weighted by Gasteiger charge is 2.33. The van der Waals surface area contributed by atoms with Gasteiger partial charge in [-0.05, 0) is 38.5 Å². The van der Waals surface area contributed by atoms with E-state index in [1.165, 1.54) is 0 Å². The molecule has 2 rings (SSSR count). The zero-order valence-electron chi connectivity index (χ0n) is 11.2. The summed E-state index contributed by atoms with van der Waals surface area (Å²) in [5.74, 6) is -0.482. The van der Waals surface area contributed by atoms with Crippen LogP contribution in [0.2, 0.25) is 0 Å². The Balaban J connectivity index is 1.89. The van der Waals surface area contributed by atoms with E-state index in [0.717, 1.165) is 44.9 Å². The Morgan fingerprint density at radius 3 is 2.53 bits per heavy atom. The number of nitriles is 2. The lowest BCUT2D eigenvalue weighted by molar-refractivity contribution is -0.158. The van der Waals surface area contributed by atoms with E-state index < -0.39 is 0 Å². The Morgan fingerprint density at radius 2 is 1.79 bits per heavy atom. The average molecular weight is 260 g/mol. The highest BCUT2D eigenvalue weighted by Crippen LogP contribution is 2.32. The summed E-state index contributed by atoms with van der Waals surface area (Å²) < 4.78 is 5.56. The molecule has 4 nitrogen and oxygen atoms in total. The monoisotopic (exact) mass is 260 g/mol. The summed E-state index contributed by atoms with van der Waals surface area (Å²) in [5.41, 5.74) is 0. The maximum Gasteiger partial charge on any atom is 0.309 e. The van der Waals surface area contributed by atoms with Crippen LogP contribution in [0.1, 0.15) is 51.4 Å². The van der Waals surface area contributed by atoms with Crippen LogP contribution in [-0.4, -0.2) is 12.1 Å². The van der Waals surface area contributed by atoms with Gasteiger partial charge in [0, 0.05) is 5.92 Å². The quantitative estimate of drug-likeness (QED) is 0.715. The van der Waals surface area contributed by atoms with Crippen molar-refractivity contribution < 1.29 is 9.53 Å². The van der Waals surface area contributed by atoms with Crippen molar-refractivity contribution >= 4 is 5.97 Å². The summed E-state index contributed by atoms with van der Waals surface area (Å²) in [4.78, 5) is 12.1. The van der Waals surface area contributed by atoms with E-state index in [9.17, 15) is 4.79 Å². The number of carbonyl (C=O) groups is 1. The molecule has 4 heteroatoms. The Morgan fingerprint density at radius 1 is 1.00 bits per heavy atom. The molecule has 4 unspecified atom stereocenters. The molecule has 19 heavy (non-hydrogen) atoms. The molecule has 2 aliphatic rings. The fraction of sp³-hybridized carbons (Fsp3) is 0.800. The fourth-order valence-electron chi connectivity index (χ4n) is 3.15. The zero-order chi connectivity index (χ0) is 13.7. The molecule has 0 bridgehead atoms. The van der Waals surface area contributed by atoms with Crippen molar-refractivity contribution in [2.45, 2.75) is 57.5 Å². The van der Waals surface area contributed by atoms with Crippen LogP contribution in [0.3, 0.4) is 0 Å². The smallest absolute Gasteiger partial charge is 0.309 e. The van der Waals surface area contributed by atoms with Crippen molar-refractivity contribution in [2.75, 3.05) is 0 Å². The molecule has 0 spiro atoms. The first-order valence-electron chi connectivity index (χ1n) is 7.24. The summed E-state index contributed by atoms with van der Waals surface area (Å²) in [6.45, 7) is 0. The molecule has 0 aliphatic heterocycles. The third-order valence-electron chi connectivity index (χ3n) is 4.33. The van der Waals surface area contributed by atoms with E-state index >= 15 is 0 Å². The maximum absolute atomic E-state index is 12.1. The number of rotatable bonds is 2. The van der Waals surface area contributed by atoms with Gasteiger partial charge in [-0.2, -0.15) is 10.5 Å². The van der Waals surface area contributed by atoms with Gasteiger partial charge in [-0.15, -0.1) is 0 Å². The van der Waals surface area contributed by atoms with Crippen molar-refractivity contribution in [3.05, 3.63) is 0 Å². The van der Waals surface area contributed by atoms with E-state index in [2.05, 4.69) is 12.1 Å². The molecule has 0 N–H and O–H groups in total. The van der Waals surface area contributed by atoms with Gasteiger partial charge in [-0.25, -0.2) is 0 Å². The number of ether oxygens (including phenoxy) is 1. The topological polar surface area (TPSA) is 73.9 Å². The largest absolute Gasteiger partial charge is 0.461 e. The van der Waals surface area contributed by atoms with E-state index in [1.54, 1.807) is 0 Å². The van der Waals surface area contributed by atoms with Crippen LogP contribution in [0.15, 0.2) is 0 Å². The van der Waals surface area contributed by atoms with Crippen LogP contribution in [0, 0.1) is 40.4 Å². The van der Waals surface area contributed by atoms with Gasteiger partial charge in [0.2, 0.25) is 0 Å². The molecular formula is C15H20N2O2. The minimum Gasteiger partial charge on any atom is -0.461 e. The maximum atomic E-state index is 12.1. The van der Waals surface area contributed by atoms with Crippen molar-refractivity contribution in [2.24, 2.45) is 17.8 Å². The van der Waals surface area contributed by atoms with Gasteiger partial charge in [0.1, 0.15) is 6.10 Å². The van der Waals surface area contributed by atoms with Crippen molar-refractivity contribution in [1.29, 1.82) is 10.5 Å². The molecule has 0 aromatic rings. The fourth-order valence-corrected chi connectivity index (χ4v) is 3.15. The minimum atomic E-state index is -0.228. The normalized spacial score (nSPS) is 34.8. The first-order valence-corrected chi connectivity index (χ1v) is 7.24. The van der Waals surface area contributed by atoms with E-state index in [1.807, 2.05) is 0 Å². The van der Waals surface area contributed by atoms with E-state index in [0.29, 0.717) is 6.42 Å². The Hall–Kier alpha value is -1.55. The van der Waals surface area contributed by atoms with Gasteiger partial charge in [0.05, 0.1) is 24.0 Å². The molecule has 4 atom stereocenters. The van der Waals surface area contributed by atoms with Gasteiger partial charge in [0.15, 0.2) is 0 Å². The number of hydrogen-bond donors (Lipinski definition) is 0. The predicted molar refractivity (Wildman–Crippen MR) is 68.5 cm³/mol. The Kier molecular flexibility index (Phi) is 4.80. The summed E-state index contributed by atoms with van der Waals surface area (Å²) in [6.07, 6.45) is 6.75. The summed E-state index contributed by atoms with van der Waals surface area (Å²) in [6, 6.07) is 4.50. The van der Waals surface area contributed by atoms with Gasteiger partial charge < -0.3 is 4.74 Å². The lowest BCUT2D eigenvalue weighted by Crippen LogP contribution is -2.33. The second kappa shape index (κ2) is 6.57. The predicted octanol–water partition coefficient (Wildman–Crippen LogP) is 2.94. The van der Waals surface area contributed by atoms with Gasteiger partial charge in [0.25, 0.3) is 0 Å². The summed E-state index contributed by atoms with van der Waals surface area (Å²) in [7, 11) is 0. The molecule has 0 aromatic heterocycles. The van der Waals surface area contributed by atoms with Gasteiger partial charge in [-0.1, -0.05) is 12.8 Å². The molecule has 0 aromatic carbocycles. The van der Waals surface area contributed by atoms with Crippen molar-refractivity contribution in [1.82, 2.24) is 0 Å². The van der Waals surface area contributed by atoms with Gasteiger partial charge in [-0.3, -0.25) is 4.79 Å². The van der Waals surface area contributed by atoms with Crippen molar-refractivity contribution in [3.8, 4) is 12.1 Å². The number of carbonyl (C=O) groups excluding carboxylic acids is 1. The number of esters is 1. The molecular weight excluding hydrogens is 240 g/mol. The molecule has 0 saturated heterocycles. The minimum absolute atomic E-state index is 0.00980. The Bertz CT molecular complexity index is 407. The molecule has 2 fully saturated rings. The highest BCUT2D eigenvalue weighted by atomic mass is 16.5. The molecule has 0 amide bonds. The third kappa shape index (κ3) is 3.47. The molecule has 0 radical (unpaired) electrons. The third-order valence-corrected chi connectivity index (χ3v) is 4.33. The van der Waals surface area contributed by atoms with Crippen LogP contribution in [0.4, 0.5) is 0 Å². The number of hydrogen-bond acceptors (Lipinski definition) is 4. The number of nitrogens with zero attached hydrogens (tertiary/aromatic N) is 2. The van der Waals surface area contributed by atoms with Crippen molar-refractivity contribution in [3.63, 3.8) is 0 Å². The van der Waals surface area contributed by atoms with Crippen LogP contribution in [0.25, 0.3) is 0 Å². The zero-order valence-corrected chi connectivity index (χ0v) is 11.2. The van der Waals surface area contributed by atoms with E-state index in [-0.39, 0.29) is 29.8 Å². The lowest BCUT2D eigenvalue weighted by atomic mass is 9.82. The molecule has 0 heterocycles. The summed E-state index contributed by atoms with van der Waals surface area (Å²) >= 11 is 0. The second-order valence-electron chi connectivity index (χ2n) is 5.68. The summed E-state index contributed by atoms with van der Waals surface area (Å²) in [5, 5.41) is 18.0. The standard InChI is InChI=1S/C15H20N2O2/c16-9-11-4-3-6-12(8-11)15(18)19-14-7-2-1-5-13(14)10-17/h11-14H,1-8H2. The lowest BCUT2D eigenvalue weighted by Gasteiger charge is -2.30. The van der Waals surface area contributed by atoms with Crippen LogP contribution in [0.5, 0.6) is 0 Å².